The standard InChI is InChI=1S/C21H21N5O2S2/c1-13-8-4-6-10-16(13)28-14(2)19-24-25-21(26(19)3)29-12-18(27)23-20-22-15-9-5-7-11-17(15)30-20/h4-11,14H,12H2,1-3H3,(H,22,23,27). The summed E-state index contributed by atoms with van der Waals surface area (Å²) in [5.41, 5.74) is 1.94. The third-order valence-electron chi connectivity index (χ3n) is 4.50. The molecule has 4 rings (SSSR count). The summed E-state index contributed by atoms with van der Waals surface area (Å²) in [6.45, 7) is 3.94. The van der Waals surface area contributed by atoms with Gasteiger partial charge in [0.25, 0.3) is 0 Å². The highest BCUT2D eigenvalue weighted by Gasteiger charge is 2.19. The molecule has 1 N–H and O–H groups in total. The number of rotatable bonds is 7. The maximum Gasteiger partial charge on any atom is 0.236 e. The number of hydrogen-bond donors (Lipinski definition) is 1. The minimum atomic E-state index is -0.269. The number of para-hydroxylation sites is 2. The minimum absolute atomic E-state index is 0.132. The molecule has 0 spiro atoms. The second kappa shape index (κ2) is 8.85. The van der Waals surface area contributed by atoms with Crippen LogP contribution in [-0.4, -0.2) is 31.4 Å². The minimum Gasteiger partial charge on any atom is -0.482 e. The quantitative estimate of drug-likeness (QED) is 0.424. The average Bonchev–Trinajstić information content (AvgIpc) is 3.30. The Labute approximate surface area is 182 Å². The Morgan fingerprint density at radius 1 is 1.20 bits per heavy atom. The predicted octanol–water partition coefficient (Wildman–Crippen LogP) is 4.60. The second-order valence-electron chi connectivity index (χ2n) is 6.75. The first-order chi connectivity index (χ1) is 14.5. The van der Waals surface area contributed by atoms with Crippen molar-refractivity contribution in [1.82, 2.24) is 19.7 Å². The highest BCUT2D eigenvalue weighted by atomic mass is 32.2. The lowest BCUT2D eigenvalue weighted by molar-refractivity contribution is -0.113. The van der Waals surface area contributed by atoms with Crippen molar-refractivity contribution in [2.24, 2.45) is 7.05 Å². The first-order valence-electron chi connectivity index (χ1n) is 9.41. The Morgan fingerprint density at radius 3 is 2.77 bits per heavy atom. The topological polar surface area (TPSA) is 81.9 Å². The van der Waals surface area contributed by atoms with Crippen molar-refractivity contribution in [1.29, 1.82) is 0 Å². The lowest BCUT2D eigenvalue weighted by Crippen LogP contribution is -2.14. The van der Waals surface area contributed by atoms with Crippen LogP contribution in [0.1, 0.15) is 24.4 Å². The molecule has 0 bridgehead atoms. The first-order valence-corrected chi connectivity index (χ1v) is 11.2. The molecule has 0 saturated carbocycles. The van der Waals surface area contributed by atoms with Gasteiger partial charge in [0, 0.05) is 7.05 Å². The van der Waals surface area contributed by atoms with Crippen molar-refractivity contribution >= 4 is 44.4 Å². The fourth-order valence-electron chi connectivity index (χ4n) is 2.95. The van der Waals surface area contributed by atoms with Gasteiger partial charge in [-0.3, -0.25) is 4.79 Å². The third-order valence-corrected chi connectivity index (χ3v) is 6.47. The molecule has 1 amide bonds. The molecule has 0 saturated heterocycles. The largest absolute Gasteiger partial charge is 0.482 e. The number of anilines is 1. The molecule has 0 radical (unpaired) electrons. The van der Waals surface area contributed by atoms with Crippen LogP contribution in [0.15, 0.2) is 53.7 Å². The molecule has 1 unspecified atom stereocenters. The molecule has 154 valence electrons. The molecule has 0 fully saturated rings. The van der Waals surface area contributed by atoms with Gasteiger partial charge in [-0.1, -0.05) is 53.4 Å². The Balaban J connectivity index is 1.36. The number of hydrogen-bond acceptors (Lipinski definition) is 7. The van der Waals surface area contributed by atoms with Crippen molar-refractivity contribution in [3.8, 4) is 5.75 Å². The molecule has 9 heteroatoms. The number of thiazole rings is 1. The number of ether oxygens (including phenoxy) is 1. The number of aromatic nitrogens is 4. The van der Waals surface area contributed by atoms with Gasteiger partial charge >= 0.3 is 0 Å². The first kappa shape index (κ1) is 20.4. The van der Waals surface area contributed by atoms with E-state index in [0.29, 0.717) is 16.1 Å². The van der Waals surface area contributed by atoms with Crippen LogP contribution in [0.2, 0.25) is 0 Å². The van der Waals surface area contributed by atoms with E-state index in [-0.39, 0.29) is 17.8 Å². The van der Waals surface area contributed by atoms with E-state index in [0.717, 1.165) is 21.5 Å². The van der Waals surface area contributed by atoms with Crippen LogP contribution in [0, 0.1) is 6.92 Å². The lowest BCUT2D eigenvalue weighted by Gasteiger charge is -2.15. The fourth-order valence-corrected chi connectivity index (χ4v) is 4.55. The normalized spacial score (nSPS) is 12.1. The van der Waals surface area contributed by atoms with Gasteiger partial charge in [0.15, 0.2) is 22.2 Å². The van der Waals surface area contributed by atoms with Gasteiger partial charge in [0.05, 0.1) is 16.0 Å². The lowest BCUT2D eigenvalue weighted by atomic mass is 10.2. The van der Waals surface area contributed by atoms with Gasteiger partial charge < -0.3 is 14.6 Å². The summed E-state index contributed by atoms with van der Waals surface area (Å²) in [6, 6.07) is 15.7. The number of nitrogens with zero attached hydrogens (tertiary/aromatic N) is 4. The van der Waals surface area contributed by atoms with Gasteiger partial charge in [-0.15, -0.1) is 10.2 Å². The number of fused-ring (bicyclic) bond motifs is 1. The van der Waals surface area contributed by atoms with E-state index in [1.165, 1.54) is 23.1 Å². The zero-order valence-electron chi connectivity index (χ0n) is 16.8. The third kappa shape index (κ3) is 4.47. The van der Waals surface area contributed by atoms with Crippen LogP contribution in [0.25, 0.3) is 10.2 Å². The molecule has 7 nitrogen and oxygen atoms in total. The van der Waals surface area contributed by atoms with E-state index in [1.54, 1.807) is 0 Å². The molecule has 2 heterocycles. The molecular formula is C21H21N5O2S2. The maximum absolute atomic E-state index is 12.3. The van der Waals surface area contributed by atoms with Crippen LogP contribution < -0.4 is 10.1 Å². The summed E-state index contributed by atoms with van der Waals surface area (Å²) in [4.78, 5) is 16.8. The number of nitrogens with one attached hydrogen (secondary N) is 1. The van der Waals surface area contributed by atoms with E-state index < -0.39 is 0 Å². The van der Waals surface area contributed by atoms with Crippen molar-refractivity contribution < 1.29 is 9.53 Å². The summed E-state index contributed by atoms with van der Waals surface area (Å²) in [6.07, 6.45) is -0.269. The SMILES string of the molecule is Cc1ccccc1OC(C)c1nnc(SCC(=O)Nc2nc3ccccc3s2)n1C. The van der Waals surface area contributed by atoms with Crippen molar-refractivity contribution in [3.63, 3.8) is 0 Å². The maximum atomic E-state index is 12.3. The molecule has 0 aliphatic carbocycles. The molecule has 4 aromatic rings. The summed E-state index contributed by atoms with van der Waals surface area (Å²) < 4.78 is 8.94. The molecule has 0 aliphatic rings. The number of aryl methyl sites for hydroxylation is 1. The van der Waals surface area contributed by atoms with Crippen LogP contribution in [0.3, 0.4) is 0 Å². The van der Waals surface area contributed by atoms with Crippen LogP contribution in [0.4, 0.5) is 5.13 Å². The summed E-state index contributed by atoms with van der Waals surface area (Å²) in [5.74, 6) is 1.60. The van der Waals surface area contributed by atoms with E-state index in [2.05, 4.69) is 20.5 Å². The van der Waals surface area contributed by atoms with E-state index in [4.69, 9.17) is 4.74 Å². The predicted molar refractivity (Wildman–Crippen MR) is 120 cm³/mol. The summed E-state index contributed by atoms with van der Waals surface area (Å²) in [7, 11) is 1.88. The fraction of sp³-hybridized carbons (Fsp3) is 0.238. The summed E-state index contributed by atoms with van der Waals surface area (Å²) in [5, 5.41) is 12.6. The van der Waals surface area contributed by atoms with Crippen LogP contribution in [-0.2, 0) is 11.8 Å². The van der Waals surface area contributed by atoms with E-state index in [9.17, 15) is 4.79 Å². The van der Waals surface area contributed by atoms with Gasteiger partial charge in [-0.05, 0) is 37.6 Å². The van der Waals surface area contributed by atoms with Crippen molar-refractivity contribution in [3.05, 3.63) is 59.9 Å². The Kier molecular flexibility index (Phi) is 6.01. The zero-order valence-corrected chi connectivity index (χ0v) is 18.5. The number of benzene rings is 2. The summed E-state index contributed by atoms with van der Waals surface area (Å²) >= 11 is 2.79. The van der Waals surface area contributed by atoms with Crippen molar-refractivity contribution in [2.45, 2.75) is 25.1 Å². The molecule has 1 atom stereocenters. The van der Waals surface area contributed by atoms with E-state index >= 15 is 0 Å². The highest BCUT2D eigenvalue weighted by molar-refractivity contribution is 7.99. The van der Waals surface area contributed by atoms with Crippen LogP contribution in [0.5, 0.6) is 5.75 Å². The molecular weight excluding hydrogens is 418 g/mol. The number of carbonyl (C=O) groups excluding carboxylic acids is 1. The van der Waals surface area contributed by atoms with Crippen LogP contribution >= 0.6 is 23.1 Å². The van der Waals surface area contributed by atoms with Gasteiger partial charge in [-0.2, -0.15) is 0 Å². The number of thioether (sulfide) groups is 1. The zero-order chi connectivity index (χ0) is 21.1. The Bertz CT molecular complexity index is 1150. The van der Waals surface area contributed by atoms with Crippen molar-refractivity contribution in [2.75, 3.05) is 11.1 Å². The average molecular weight is 440 g/mol. The highest BCUT2D eigenvalue weighted by Crippen LogP contribution is 2.27. The molecule has 0 aliphatic heterocycles. The Morgan fingerprint density at radius 2 is 1.97 bits per heavy atom. The molecule has 2 aromatic carbocycles. The van der Waals surface area contributed by atoms with Gasteiger partial charge in [0.2, 0.25) is 5.91 Å². The number of carbonyl (C=O) groups is 1. The monoisotopic (exact) mass is 439 g/mol. The van der Waals surface area contributed by atoms with Gasteiger partial charge in [0.1, 0.15) is 5.75 Å². The second-order valence-corrected chi connectivity index (χ2v) is 8.72. The van der Waals surface area contributed by atoms with E-state index in [1.807, 2.05) is 74.0 Å². The molecule has 2 aromatic heterocycles. The molecule has 30 heavy (non-hydrogen) atoms. The Hall–Kier alpha value is -2.91. The smallest absolute Gasteiger partial charge is 0.236 e. The van der Waals surface area contributed by atoms with Gasteiger partial charge in [-0.25, -0.2) is 4.98 Å². The number of amides is 1.